The maximum Gasteiger partial charge on any atom is 1.00 e. The van der Waals surface area contributed by atoms with Crippen molar-refractivity contribution < 1.29 is 69.1 Å². The van der Waals surface area contributed by atoms with Gasteiger partial charge in [0.2, 0.25) is 0 Å². The Morgan fingerprint density at radius 2 is 2.00 bits per heavy atom. The Morgan fingerprint density at radius 3 is 2.69 bits per heavy atom. The molecule has 0 aromatic heterocycles. The van der Waals surface area contributed by atoms with Crippen molar-refractivity contribution >= 4 is 6.98 Å². The van der Waals surface area contributed by atoms with Gasteiger partial charge in [0, 0.05) is 6.42 Å². The second-order valence-corrected chi connectivity index (χ2v) is 3.79. The molecule has 0 bridgehead atoms. The summed E-state index contributed by atoms with van der Waals surface area (Å²) < 4.78 is 41.4. The van der Waals surface area contributed by atoms with Gasteiger partial charge in [-0.25, -0.2) is 0 Å². The van der Waals surface area contributed by atoms with Gasteiger partial charge in [0.25, 0.3) is 0 Å². The molecule has 0 radical (unpaired) electrons. The molecule has 0 aliphatic carbocycles. The van der Waals surface area contributed by atoms with Crippen molar-refractivity contribution in [2.24, 2.45) is 0 Å². The van der Waals surface area contributed by atoms with E-state index in [1.54, 1.807) is 12.1 Å². The van der Waals surface area contributed by atoms with Crippen molar-refractivity contribution in [3.63, 3.8) is 0 Å². The van der Waals surface area contributed by atoms with E-state index in [9.17, 15) is 12.9 Å². The molecular formula is C10H11BF3KO. The zero-order valence-corrected chi connectivity index (χ0v) is 12.3. The summed E-state index contributed by atoms with van der Waals surface area (Å²) in [5.41, 5.74) is 1.78. The van der Waals surface area contributed by atoms with Gasteiger partial charge in [-0.2, -0.15) is 0 Å². The molecule has 0 amide bonds. The van der Waals surface area contributed by atoms with Crippen LogP contribution in [0.25, 0.3) is 0 Å². The van der Waals surface area contributed by atoms with E-state index < -0.39 is 13.3 Å². The van der Waals surface area contributed by atoms with Crippen LogP contribution in [0.15, 0.2) is 18.2 Å². The summed E-state index contributed by atoms with van der Waals surface area (Å²) in [6.45, 7) is -4.03. The Bertz CT molecular complexity index is 368. The van der Waals surface area contributed by atoms with Crippen LogP contribution in [0.3, 0.4) is 0 Å². The average molecular weight is 254 g/mol. The van der Waals surface area contributed by atoms with Gasteiger partial charge in [-0.1, -0.05) is 30.4 Å². The average Bonchev–Trinajstić information content (AvgIpc) is 2.60. The first-order valence-electron chi connectivity index (χ1n) is 5.00. The summed E-state index contributed by atoms with van der Waals surface area (Å²) in [4.78, 5) is 0. The molecule has 0 saturated heterocycles. The minimum absolute atomic E-state index is 0. The van der Waals surface area contributed by atoms with Crippen LogP contribution in [0, 0.1) is 0 Å². The normalized spacial score (nSPS) is 13.9. The van der Waals surface area contributed by atoms with Crippen LogP contribution in [0.2, 0.25) is 6.32 Å². The molecule has 0 fully saturated rings. The van der Waals surface area contributed by atoms with Crippen molar-refractivity contribution in [1.82, 2.24) is 0 Å². The summed E-state index contributed by atoms with van der Waals surface area (Å²) in [7, 11) is 0. The van der Waals surface area contributed by atoms with E-state index in [-0.39, 0.29) is 57.8 Å². The minimum Gasteiger partial charge on any atom is -0.493 e. The Hall–Kier alpha value is 0.511. The van der Waals surface area contributed by atoms with Crippen LogP contribution >= 0.6 is 0 Å². The van der Waals surface area contributed by atoms with Crippen LogP contribution in [0.4, 0.5) is 12.9 Å². The van der Waals surface area contributed by atoms with Crippen LogP contribution in [0.5, 0.6) is 5.75 Å². The van der Waals surface area contributed by atoms with Gasteiger partial charge in [-0.15, -0.1) is 0 Å². The number of benzene rings is 1. The Labute approximate surface area is 135 Å². The molecule has 0 atom stereocenters. The van der Waals surface area contributed by atoms with Crippen molar-refractivity contribution in [2.75, 3.05) is 6.61 Å². The van der Waals surface area contributed by atoms with E-state index in [0.29, 0.717) is 6.61 Å². The zero-order chi connectivity index (χ0) is 10.9. The van der Waals surface area contributed by atoms with Crippen LogP contribution in [-0.4, -0.2) is 13.6 Å². The largest absolute Gasteiger partial charge is 1.00 e. The van der Waals surface area contributed by atoms with E-state index in [4.69, 9.17) is 4.74 Å². The van der Waals surface area contributed by atoms with Gasteiger partial charge < -0.3 is 17.7 Å². The van der Waals surface area contributed by atoms with Crippen LogP contribution in [-0.2, 0) is 12.8 Å². The van der Waals surface area contributed by atoms with Gasteiger partial charge in [0.15, 0.2) is 0 Å². The predicted octanol–water partition coefficient (Wildman–Crippen LogP) is 0.0154. The van der Waals surface area contributed by atoms with E-state index in [1.807, 2.05) is 6.07 Å². The second-order valence-electron chi connectivity index (χ2n) is 3.79. The molecule has 1 aromatic carbocycles. The third-order valence-corrected chi connectivity index (χ3v) is 2.51. The quantitative estimate of drug-likeness (QED) is 0.691. The minimum atomic E-state index is -4.67. The number of rotatable bonds is 3. The van der Waals surface area contributed by atoms with Gasteiger partial charge in [-0.05, 0) is 11.6 Å². The molecule has 0 N–H and O–H groups in total. The molecule has 1 aliphatic rings. The zero-order valence-electron chi connectivity index (χ0n) is 9.18. The number of ether oxygens (including phenoxy) is 1. The molecule has 16 heavy (non-hydrogen) atoms. The standard InChI is InChI=1S/C10H11BF3O.K/c12-11(13,14)5-3-8-1-2-10-9(7-8)4-6-15-10;/h1-2,7H,3-6H2;/q-1;+1. The monoisotopic (exact) mass is 254 g/mol. The first-order valence-corrected chi connectivity index (χ1v) is 5.00. The molecule has 6 heteroatoms. The van der Waals surface area contributed by atoms with Crippen molar-refractivity contribution in [2.45, 2.75) is 19.2 Å². The summed E-state index contributed by atoms with van der Waals surface area (Å²) in [5, 5.41) is 0. The van der Waals surface area contributed by atoms with E-state index in [1.165, 1.54) is 0 Å². The van der Waals surface area contributed by atoms with Gasteiger partial charge >= 0.3 is 58.4 Å². The SMILES string of the molecule is F[B-](F)(F)CCc1ccc2c(c1)CCO2.[K+]. The first-order chi connectivity index (χ1) is 7.04. The number of halogens is 3. The Morgan fingerprint density at radius 1 is 1.25 bits per heavy atom. The van der Waals surface area contributed by atoms with Crippen molar-refractivity contribution in [1.29, 1.82) is 0 Å². The van der Waals surface area contributed by atoms with Crippen LogP contribution in [0.1, 0.15) is 11.1 Å². The van der Waals surface area contributed by atoms with E-state index in [0.717, 1.165) is 23.3 Å². The fourth-order valence-corrected chi connectivity index (χ4v) is 1.73. The summed E-state index contributed by atoms with van der Waals surface area (Å²) in [6, 6.07) is 5.30. The maximum absolute atomic E-state index is 12.1. The van der Waals surface area contributed by atoms with Crippen LogP contribution < -0.4 is 56.1 Å². The summed E-state index contributed by atoms with van der Waals surface area (Å²) in [6.07, 6.45) is 0.191. The maximum atomic E-state index is 12.1. The summed E-state index contributed by atoms with van der Waals surface area (Å²) in [5.74, 6) is 0.816. The third kappa shape index (κ3) is 4.07. The van der Waals surface area contributed by atoms with E-state index >= 15 is 0 Å². The van der Waals surface area contributed by atoms with Crippen molar-refractivity contribution in [3.05, 3.63) is 29.3 Å². The number of hydrogen-bond donors (Lipinski definition) is 0. The summed E-state index contributed by atoms with van der Waals surface area (Å²) >= 11 is 0. The predicted molar refractivity (Wildman–Crippen MR) is 53.2 cm³/mol. The third-order valence-electron chi connectivity index (χ3n) is 2.51. The number of aryl methyl sites for hydroxylation is 1. The Kier molecular flexibility index (Phi) is 5.38. The molecule has 1 nitrogen and oxygen atoms in total. The molecule has 0 unspecified atom stereocenters. The van der Waals surface area contributed by atoms with Gasteiger partial charge in [0.1, 0.15) is 5.75 Å². The topological polar surface area (TPSA) is 9.23 Å². The molecule has 2 rings (SSSR count). The van der Waals surface area contributed by atoms with Crippen molar-refractivity contribution in [3.8, 4) is 5.75 Å². The smallest absolute Gasteiger partial charge is 0.493 e. The fraction of sp³-hybridized carbons (Fsp3) is 0.400. The molecule has 1 heterocycles. The molecule has 0 spiro atoms. The number of hydrogen-bond acceptors (Lipinski definition) is 1. The van der Waals surface area contributed by atoms with E-state index in [2.05, 4.69) is 0 Å². The molecule has 1 aliphatic heterocycles. The molecule has 0 saturated carbocycles. The number of fused-ring (bicyclic) bond motifs is 1. The fourth-order valence-electron chi connectivity index (χ4n) is 1.73. The molecule has 1 aromatic rings. The second kappa shape index (κ2) is 5.91. The molecule has 82 valence electrons. The van der Waals surface area contributed by atoms with Gasteiger partial charge in [0.05, 0.1) is 6.61 Å². The first kappa shape index (κ1) is 14.6. The molecular weight excluding hydrogens is 243 g/mol. The Balaban J connectivity index is 0.00000128. The van der Waals surface area contributed by atoms with Gasteiger partial charge in [-0.3, -0.25) is 0 Å².